The van der Waals surface area contributed by atoms with Gasteiger partial charge in [-0.2, -0.15) is 0 Å². The fourth-order valence-electron chi connectivity index (χ4n) is 9.99. The molecule has 10 aromatic rings. The third-order valence-corrected chi connectivity index (χ3v) is 17.3. The molecule has 2 aliphatic rings. The van der Waals surface area contributed by atoms with Crippen LogP contribution in [0.1, 0.15) is 0 Å². The van der Waals surface area contributed by atoms with Crippen LogP contribution in [0.2, 0.25) is 0 Å². The number of fused-ring (bicyclic) bond motifs is 7. The van der Waals surface area contributed by atoms with Gasteiger partial charge in [0.1, 0.15) is 23.0 Å². The quantitative estimate of drug-likeness (QED) is 0.125. The molecule has 0 aliphatic carbocycles. The standard InChI is InChI=1S/C54H36BNO2Si/c1-4-17-38(18-5-1)59(39-19-6-2-7-20-39,40-21-8-3-9-22-40)41-32-33-49(56-47-26-13-10-23-42(47)43-24-11-14-27-48(43)56)44(36-41)37-31-34-51-46(35-37)55-45-25-12-15-28-50(45)57-52-29-16-30-53(58-51)54(52)55/h1-36H. The summed E-state index contributed by atoms with van der Waals surface area (Å²) in [4.78, 5) is 0. The van der Waals surface area contributed by atoms with Crippen LogP contribution < -0.4 is 46.6 Å². The van der Waals surface area contributed by atoms with E-state index in [4.69, 9.17) is 9.47 Å². The van der Waals surface area contributed by atoms with Gasteiger partial charge >= 0.3 is 0 Å². The van der Waals surface area contributed by atoms with Crippen molar-refractivity contribution < 1.29 is 9.47 Å². The van der Waals surface area contributed by atoms with Crippen LogP contribution in [0.5, 0.6) is 23.0 Å². The highest BCUT2D eigenvalue weighted by molar-refractivity contribution is 7.20. The first-order chi connectivity index (χ1) is 29.3. The molecule has 59 heavy (non-hydrogen) atoms. The smallest absolute Gasteiger partial charge is 0.260 e. The summed E-state index contributed by atoms with van der Waals surface area (Å²) in [7, 11) is -2.87. The van der Waals surface area contributed by atoms with Gasteiger partial charge in [0.05, 0.1) is 16.7 Å². The highest BCUT2D eigenvalue weighted by Gasteiger charge is 2.43. The van der Waals surface area contributed by atoms with Crippen LogP contribution in [0.3, 0.4) is 0 Å². The average Bonchev–Trinajstić information content (AvgIpc) is 3.64. The van der Waals surface area contributed by atoms with Crippen LogP contribution in [-0.2, 0) is 0 Å². The zero-order chi connectivity index (χ0) is 38.9. The molecular weight excluding hydrogens is 733 g/mol. The zero-order valence-electron chi connectivity index (χ0n) is 32.1. The molecule has 12 rings (SSSR count). The molecule has 1 aromatic heterocycles. The summed E-state index contributed by atoms with van der Waals surface area (Å²) in [5.74, 6) is 3.45. The van der Waals surface area contributed by atoms with Crippen molar-refractivity contribution in [1.29, 1.82) is 0 Å². The Morgan fingerprint density at radius 1 is 0.373 bits per heavy atom. The first-order valence-corrected chi connectivity index (χ1v) is 22.3. The Labute approximate surface area is 344 Å². The van der Waals surface area contributed by atoms with Crippen molar-refractivity contribution in [1.82, 2.24) is 4.57 Å². The molecule has 0 saturated carbocycles. The van der Waals surface area contributed by atoms with E-state index in [-0.39, 0.29) is 6.71 Å². The summed E-state index contributed by atoms with van der Waals surface area (Å²) in [6.45, 7) is -0.0406. The Morgan fingerprint density at radius 3 is 1.49 bits per heavy atom. The molecule has 0 amide bonds. The molecule has 276 valence electrons. The largest absolute Gasteiger partial charge is 0.458 e. The number of ether oxygens (including phenoxy) is 2. The topological polar surface area (TPSA) is 23.4 Å². The first kappa shape index (κ1) is 33.8. The zero-order valence-corrected chi connectivity index (χ0v) is 33.1. The summed E-state index contributed by atoms with van der Waals surface area (Å²) < 4.78 is 15.7. The summed E-state index contributed by atoms with van der Waals surface area (Å²) in [6, 6.07) is 79.8. The minimum absolute atomic E-state index is 0.0406. The summed E-state index contributed by atoms with van der Waals surface area (Å²) in [5, 5.41) is 7.82. The second kappa shape index (κ2) is 13.4. The lowest BCUT2D eigenvalue weighted by Crippen LogP contribution is -2.74. The van der Waals surface area contributed by atoms with E-state index < -0.39 is 8.07 Å². The number of benzene rings is 9. The second-order valence-corrected chi connectivity index (χ2v) is 19.4. The maximum Gasteiger partial charge on any atom is 0.260 e. The summed E-state index contributed by atoms with van der Waals surface area (Å²) in [5.41, 5.74) is 9.15. The first-order valence-electron chi connectivity index (χ1n) is 20.3. The SMILES string of the molecule is c1ccc([Si](c2ccccc2)(c2ccccc2)c2ccc(-n3c4ccccc4c4ccccc43)c(-c3ccc4c(c3)B3c5ccccc5Oc5cccc(c53)O4)c2)cc1. The van der Waals surface area contributed by atoms with Crippen molar-refractivity contribution in [2.75, 3.05) is 0 Å². The molecule has 0 saturated heterocycles. The minimum atomic E-state index is -2.87. The highest BCUT2D eigenvalue weighted by atomic mass is 28.3. The lowest BCUT2D eigenvalue weighted by Gasteiger charge is -2.35. The van der Waals surface area contributed by atoms with E-state index in [1.165, 1.54) is 42.6 Å². The van der Waals surface area contributed by atoms with Gasteiger partial charge in [-0.25, -0.2) is 0 Å². The van der Waals surface area contributed by atoms with E-state index in [1.807, 2.05) is 6.07 Å². The Kier molecular flexibility index (Phi) is 7.65. The predicted molar refractivity (Wildman–Crippen MR) is 248 cm³/mol. The average molecular weight is 770 g/mol. The molecule has 0 unspecified atom stereocenters. The van der Waals surface area contributed by atoms with E-state index in [1.54, 1.807) is 0 Å². The Hall–Kier alpha value is -7.34. The van der Waals surface area contributed by atoms with Crippen LogP contribution in [-0.4, -0.2) is 19.4 Å². The molecule has 3 nitrogen and oxygen atoms in total. The third-order valence-electron chi connectivity index (χ3n) is 12.5. The molecule has 9 aromatic carbocycles. The van der Waals surface area contributed by atoms with Gasteiger partial charge in [-0.1, -0.05) is 176 Å². The van der Waals surface area contributed by atoms with E-state index in [0.717, 1.165) is 56.2 Å². The van der Waals surface area contributed by atoms with Gasteiger partial charge in [-0.05, 0) is 79.7 Å². The van der Waals surface area contributed by atoms with Crippen LogP contribution in [0.4, 0.5) is 0 Å². The maximum atomic E-state index is 6.72. The lowest BCUT2D eigenvalue weighted by molar-refractivity contribution is 0.464. The van der Waals surface area contributed by atoms with Gasteiger partial charge in [0.2, 0.25) is 0 Å². The second-order valence-electron chi connectivity index (χ2n) is 15.5. The van der Waals surface area contributed by atoms with Crippen molar-refractivity contribution in [2.45, 2.75) is 0 Å². The number of hydrogen-bond acceptors (Lipinski definition) is 2. The molecule has 0 fully saturated rings. The fourth-order valence-corrected chi connectivity index (χ4v) is 14.8. The predicted octanol–water partition coefficient (Wildman–Crippen LogP) is 8.56. The number of hydrogen-bond donors (Lipinski definition) is 0. The Balaban J connectivity index is 1.18. The third kappa shape index (κ3) is 5.08. The maximum absolute atomic E-state index is 6.72. The summed E-state index contributed by atoms with van der Waals surface area (Å²) >= 11 is 0. The molecule has 0 atom stereocenters. The van der Waals surface area contributed by atoms with Crippen LogP contribution in [0.15, 0.2) is 218 Å². The normalized spacial score (nSPS) is 12.6. The van der Waals surface area contributed by atoms with Gasteiger partial charge in [0.25, 0.3) is 6.71 Å². The van der Waals surface area contributed by atoms with Gasteiger partial charge in [0, 0.05) is 21.8 Å². The van der Waals surface area contributed by atoms with Crippen LogP contribution in [0.25, 0.3) is 38.6 Å². The molecule has 3 heterocycles. The van der Waals surface area contributed by atoms with Crippen molar-refractivity contribution >= 4 is 73.7 Å². The fraction of sp³-hybridized carbons (Fsp3) is 0. The van der Waals surface area contributed by atoms with E-state index >= 15 is 0 Å². The summed E-state index contributed by atoms with van der Waals surface area (Å²) in [6.07, 6.45) is 0. The van der Waals surface area contributed by atoms with E-state index in [0.29, 0.717) is 0 Å². The molecule has 0 bridgehead atoms. The molecule has 5 heteroatoms. The van der Waals surface area contributed by atoms with Gasteiger partial charge in [-0.3, -0.25) is 0 Å². The minimum Gasteiger partial charge on any atom is -0.458 e. The lowest BCUT2D eigenvalue weighted by atomic mass is 9.35. The molecule has 0 spiro atoms. The van der Waals surface area contributed by atoms with Gasteiger partial charge in [-0.15, -0.1) is 0 Å². The van der Waals surface area contributed by atoms with Crippen molar-refractivity contribution in [3.63, 3.8) is 0 Å². The number of rotatable bonds is 6. The van der Waals surface area contributed by atoms with Gasteiger partial charge < -0.3 is 14.0 Å². The van der Waals surface area contributed by atoms with E-state index in [9.17, 15) is 0 Å². The van der Waals surface area contributed by atoms with Crippen LogP contribution >= 0.6 is 0 Å². The van der Waals surface area contributed by atoms with Crippen molar-refractivity contribution in [3.8, 4) is 39.8 Å². The highest BCUT2D eigenvalue weighted by Crippen LogP contribution is 2.39. The van der Waals surface area contributed by atoms with Crippen molar-refractivity contribution in [2.24, 2.45) is 0 Å². The molecule has 0 radical (unpaired) electrons. The van der Waals surface area contributed by atoms with E-state index in [2.05, 4.69) is 217 Å². The Bertz CT molecular complexity index is 3070. The number of aromatic nitrogens is 1. The number of nitrogens with zero attached hydrogens (tertiary/aromatic N) is 1. The monoisotopic (exact) mass is 769 g/mol. The van der Waals surface area contributed by atoms with Crippen molar-refractivity contribution in [3.05, 3.63) is 218 Å². The molecule has 2 aliphatic heterocycles. The Morgan fingerprint density at radius 2 is 0.881 bits per heavy atom. The number of para-hydroxylation sites is 3. The molecular formula is C54H36BNO2Si. The van der Waals surface area contributed by atoms with Crippen LogP contribution in [0, 0.1) is 0 Å². The molecule has 0 N–H and O–H groups in total. The van der Waals surface area contributed by atoms with Gasteiger partial charge in [0.15, 0.2) is 8.07 Å².